The predicted molar refractivity (Wildman–Crippen MR) is 103 cm³/mol. The molecule has 2 aromatic rings. The van der Waals surface area contributed by atoms with Crippen molar-refractivity contribution in [1.29, 1.82) is 0 Å². The molecule has 1 aliphatic heterocycles. The maximum Gasteiger partial charge on any atom is 0.318 e. The van der Waals surface area contributed by atoms with E-state index in [9.17, 15) is 13.6 Å². The molecule has 3 rings (SSSR count). The van der Waals surface area contributed by atoms with Gasteiger partial charge in [0.05, 0.1) is 18.8 Å². The maximum atomic E-state index is 14.1. The normalized spacial score (nSPS) is 15.9. The van der Waals surface area contributed by atoms with E-state index in [-0.39, 0.29) is 36.8 Å². The molecule has 0 aliphatic carbocycles. The van der Waals surface area contributed by atoms with Crippen molar-refractivity contribution in [3.05, 3.63) is 71.3 Å². The molecule has 1 atom stereocenters. The Labute approximate surface area is 163 Å². The highest BCUT2D eigenvalue weighted by Gasteiger charge is 2.27. The molecule has 2 aromatic carbocycles. The smallest absolute Gasteiger partial charge is 0.318 e. The van der Waals surface area contributed by atoms with Gasteiger partial charge in [-0.25, -0.2) is 13.6 Å². The molecule has 7 heteroatoms. The number of benzene rings is 2. The number of rotatable bonds is 6. The molecule has 5 nitrogen and oxygen atoms in total. The van der Waals surface area contributed by atoms with Gasteiger partial charge in [-0.2, -0.15) is 0 Å². The molecular weight excluding hydrogens is 364 g/mol. The minimum absolute atomic E-state index is 0.00516. The van der Waals surface area contributed by atoms with Crippen LogP contribution in [0.15, 0.2) is 53.7 Å². The number of carbonyl (C=O) groups is 1. The first-order valence-corrected chi connectivity index (χ1v) is 9.20. The first-order valence-electron chi connectivity index (χ1n) is 9.20. The maximum absolute atomic E-state index is 14.1. The number of halogens is 2. The largest absolute Gasteiger partial charge is 0.390 e. The highest BCUT2D eigenvalue weighted by Crippen LogP contribution is 2.19. The number of carbonyl (C=O) groups excluding carboxylic acids is 1. The highest BCUT2D eigenvalue weighted by molar-refractivity contribution is 6.01. The number of nitrogens with zero attached hydrogens (tertiary/aromatic N) is 2. The lowest BCUT2D eigenvalue weighted by Crippen LogP contribution is -2.45. The van der Waals surface area contributed by atoms with Gasteiger partial charge in [-0.1, -0.05) is 41.6 Å². The van der Waals surface area contributed by atoms with Crippen LogP contribution in [0.5, 0.6) is 0 Å². The van der Waals surface area contributed by atoms with Gasteiger partial charge in [0, 0.05) is 24.1 Å². The van der Waals surface area contributed by atoms with Crippen LogP contribution in [0.3, 0.4) is 0 Å². The molecule has 1 aliphatic rings. The fraction of sp³-hybridized carbons (Fsp3) is 0.333. The summed E-state index contributed by atoms with van der Waals surface area (Å²) in [4.78, 5) is 19.6. The van der Waals surface area contributed by atoms with Gasteiger partial charge in [0.1, 0.15) is 11.6 Å². The number of oxime groups is 1. The van der Waals surface area contributed by atoms with E-state index >= 15 is 0 Å². The molecule has 0 saturated heterocycles. The zero-order valence-electron chi connectivity index (χ0n) is 15.9. The molecule has 0 aromatic heterocycles. The van der Waals surface area contributed by atoms with Gasteiger partial charge in [-0.15, -0.1) is 0 Å². The van der Waals surface area contributed by atoms with Gasteiger partial charge in [-0.3, -0.25) is 0 Å². The molecule has 0 bridgehead atoms. The zero-order chi connectivity index (χ0) is 20.1. The summed E-state index contributed by atoms with van der Waals surface area (Å²) in [6.07, 6.45) is 0.207. The Morgan fingerprint density at radius 3 is 2.68 bits per heavy atom. The lowest BCUT2D eigenvalue weighted by atomic mass is 10.0. The van der Waals surface area contributed by atoms with Crippen LogP contribution in [0.4, 0.5) is 13.6 Å². The van der Waals surface area contributed by atoms with Crippen LogP contribution in [-0.4, -0.2) is 35.3 Å². The Kier molecular flexibility index (Phi) is 6.23. The monoisotopic (exact) mass is 387 g/mol. The van der Waals surface area contributed by atoms with Crippen molar-refractivity contribution < 1.29 is 18.4 Å². The van der Waals surface area contributed by atoms with Crippen LogP contribution in [-0.2, 0) is 11.4 Å². The molecule has 28 heavy (non-hydrogen) atoms. The van der Waals surface area contributed by atoms with E-state index in [1.54, 1.807) is 0 Å². The van der Waals surface area contributed by atoms with Gasteiger partial charge in [0.2, 0.25) is 0 Å². The lowest BCUT2D eigenvalue weighted by Gasteiger charge is -2.26. The van der Waals surface area contributed by atoms with Crippen molar-refractivity contribution in [1.82, 2.24) is 10.2 Å². The van der Waals surface area contributed by atoms with Crippen molar-refractivity contribution in [2.24, 2.45) is 5.16 Å². The summed E-state index contributed by atoms with van der Waals surface area (Å²) in [5.41, 5.74) is 2.01. The third kappa shape index (κ3) is 5.06. The van der Waals surface area contributed by atoms with Crippen molar-refractivity contribution in [2.45, 2.75) is 39.0 Å². The average molecular weight is 387 g/mol. The van der Waals surface area contributed by atoms with E-state index < -0.39 is 11.6 Å². The van der Waals surface area contributed by atoms with E-state index in [1.807, 2.05) is 44.2 Å². The lowest BCUT2D eigenvalue weighted by molar-refractivity contribution is 0.0584. The summed E-state index contributed by atoms with van der Waals surface area (Å²) in [6.45, 7) is 3.93. The Hall–Kier alpha value is -2.96. The number of nitrogens with one attached hydrogen (secondary N) is 1. The summed E-state index contributed by atoms with van der Waals surface area (Å²) >= 11 is 0. The summed E-state index contributed by atoms with van der Waals surface area (Å²) in [5, 5.41) is 6.94. The predicted octanol–water partition coefficient (Wildman–Crippen LogP) is 4.08. The number of urea groups is 1. The number of hydrogen-bond acceptors (Lipinski definition) is 3. The van der Waals surface area contributed by atoms with Crippen molar-refractivity contribution in [3.8, 4) is 0 Å². The first-order chi connectivity index (χ1) is 13.4. The molecule has 0 unspecified atom stereocenters. The minimum atomic E-state index is -0.684. The second kappa shape index (κ2) is 8.82. The molecule has 1 N–H and O–H groups in total. The topological polar surface area (TPSA) is 53.9 Å². The Morgan fingerprint density at radius 2 is 2.00 bits per heavy atom. The van der Waals surface area contributed by atoms with Gasteiger partial charge in [-0.05, 0) is 25.5 Å². The zero-order valence-corrected chi connectivity index (χ0v) is 15.9. The molecule has 148 valence electrons. The van der Waals surface area contributed by atoms with E-state index in [0.717, 1.165) is 17.3 Å². The Balaban J connectivity index is 1.70. The standard InChI is InChI=1S/C21H23F2N3O2/c1-14(2)24-21(27)26(12-16-8-9-17(22)10-19(16)23)13-18-11-20(25-28-18)15-6-4-3-5-7-15/h3-10,14,18H,11-13H2,1-2H3,(H,24,27)/t18-/m0/s1. The average Bonchev–Trinajstić information content (AvgIpc) is 3.12. The Bertz CT molecular complexity index is 856. The highest BCUT2D eigenvalue weighted by atomic mass is 19.1. The van der Waals surface area contributed by atoms with E-state index in [2.05, 4.69) is 10.5 Å². The van der Waals surface area contributed by atoms with Gasteiger partial charge in [0.15, 0.2) is 6.10 Å². The van der Waals surface area contributed by atoms with Crippen molar-refractivity contribution >= 4 is 11.7 Å². The molecule has 1 heterocycles. The quantitative estimate of drug-likeness (QED) is 0.812. The molecular formula is C21H23F2N3O2. The number of amides is 2. The van der Waals surface area contributed by atoms with Crippen LogP contribution in [0, 0.1) is 11.6 Å². The molecule has 0 radical (unpaired) electrons. The first kappa shape index (κ1) is 19.8. The summed E-state index contributed by atoms with van der Waals surface area (Å²) in [7, 11) is 0. The summed E-state index contributed by atoms with van der Waals surface area (Å²) in [6, 6.07) is 12.6. The fourth-order valence-electron chi connectivity index (χ4n) is 2.99. The second-order valence-corrected chi connectivity index (χ2v) is 7.06. The van der Waals surface area contributed by atoms with Gasteiger partial charge >= 0.3 is 6.03 Å². The van der Waals surface area contributed by atoms with Crippen LogP contribution in [0.2, 0.25) is 0 Å². The third-order valence-corrected chi connectivity index (χ3v) is 4.34. The van der Waals surface area contributed by atoms with Crippen LogP contribution in [0.25, 0.3) is 0 Å². The SMILES string of the molecule is CC(C)NC(=O)N(Cc1ccc(F)cc1F)C[C@@H]1CC(c2ccccc2)=NO1. The second-order valence-electron chi connectivity index (χ2n) is 7.06. The Morgan fingerprint density at radius 1 is 1.25 bits per heavy atom. The molecule has 2 amide bonds. The van der Waals surface area contributed by atoms with Crippen molar-refractivity contribution in [2.75, 3.05) is 6.54 Å². The van der Waals surface area contributed by atoms with Crippen LogP contribution in [0.1, 0.15) is 31.4 Å². The van der Waals surface area contributed by atoms with E-state index in [4.69, 9.17) is 4.84 Å². The summed E-state index contributed by atoms with van der Waals surface area (Å²) in [5.74, 6) is -1.34. The van der Waals surface area contributed by atoms with Crippen molar-refractivity contribution in [3.63, 3.8) is 0 Å². The number of hydrogen-bond donors (Lipinski definition) is 1. The van der Waals surface area contributed by atoms with Crippen LogP contribution >= 0.6 is 0 Å². The minimum Gasteiger partial charge on any atom is -0.390 e. The molecule has 0 spiro atoms. The molecule has 0 saturated carbocycles. The van der Waals surface area contributed by atoms with Gasteiger partial charge < -0.3 is 15.1 Å². The van der Waals surface area contributed by atoms with Gasteiger partial charge in [0.25, 0.3) is 0 Å². The summed E-state index contributed by atoms with van der Waals surface area (Å²) < 4.78 is 27.3. The fourth-order valence-corrected chi connectivity index (χ4v) is 2.99. The van der Waals surface area contributed by atoms with E-state index in [0.29, 0.717) is 6.42 Å². The third-order valence-electron chi connectivity index (χ3n) is 4.34. The van der Waals surface area contributed by atoms with E-state index in [1.165, 1.54) is 17.0 Å². The van der Waals surface area contributed by atoms with Crippen LogP contribution < -0.4 is 5.32 Å². The molecule has 0 fully saturated rings.